The maximum absolute atomic E-state index is 15.7. The topological polar surface area (TPSA) is 62.5 Å². The summed E-state index contributed by atoms with van der Waals surface area (Å²) in [6.07, 6.45) is 68.6. The molecule has 0 amide bonds. The second-order valence-electron chi connectivity index (χ2n) is 35.2. The summed E-state index contributed by atoms with van der Waals surface area (Å²) in [6.45, 7) is 18.6. The predicted molar refractivity (Wildman–Crippen MR) is 517 cm³/mol. The second-order valence-corrected chi connectivity index (χ2v) is 39.5. The van der Waals surface area contributed by atoms with Gasteiger partial charge in [0.1, 0.15) is 11.5 Å². The lowest BCUT2D eigenvalue weighted by Gasteiger charge is -2.23. The van der Waals surface area contributed by atoms with Gasteiger partial charge in [-0.3, -0.25) is 9.59 Å². The van der Waals surface area contributed by atoms with E-state index in [1.54, 1.807) is 22.7 Å². The van der Waals surface area contributed by atoms with Crippen LogP contribution in [-0.4, -0.2) is 21.3 Å². The Bertz CT molecular complexity index is 4140. The third-order valence-electron chi connectivity index (χ3n) is 25.6. The van der Waals surface area contributed by atoms with Gasteiger partial charge in [0.05, 0.1) is 43.8 Å². The summed E-state index contributed by atoms with van der Waals surface area (Å²) in [5, 5.41) is 2.39. The Kier molecular flexibility index (Phi) is 44.2. The van der Waals surface area contributed by atoms with Crippen molar-refractivity contribution in [1.29, 1.82) is 0 Å². The van der Waals surface area contributed by atoms with Gasteiger partial charge in [-0.05, 0) is 135 Å². The van der Waals surface area contributed by atoms with Crippen LogP contribution in [0.15, 0.2) is 107 Å². The van der Waals surface area contributed by atoms with E-state index in [0.717, 1.165) is 96.5 Å². The van der Waals surface area contributed by atoms with Crippen LogP contribution in [0.2, 0.25) is 0 Å². The minimum Gasteiger partial charge on any atom is -0.488 e. The summed E-state index contributed by atoms with van der Waals surface area (Å²) < 4.78 is 22.2. The molecule has 0 spiro atoms. The molecule has 0 aliphatic rings. The molecule has 2 unspecified atom stereocenters. The smallest absolute Gasteiger partial charge is 0.259 e. The largest absolute Gasteiger partial charge is 0.488 e. The van der Waals surface area contributed by atoms with Gasteiger partial charge in [-0.1, -0.05) is 399 Å². The number of hydrogen-bond acceptors (Lipinski definition) is 8. The van der Waals surface area contributed by atoms with E-state index in [4.69, 9.17) is 9.47 Å². The third-order valence-corrected chi connectivity index (χ3v) is 30.6. The molecule has 0 fully saturated rings. The zero-order valence-electron chi connectivity index (χ0n) is 74.9. The number of aryl methyl sites for hydroxylation is 2. The van der Waals surface area contributed by atoms with Crippen LogP contribution in [-0.2, 0) is 26.9 Å². The lowest BCUT2D eigenvalue weighted by atomic mass is 9.91. The van der Waals surface area contributed by atoms with Gasteiger partial charge in [0.2, 0.25) is 0 Å². The van der Waals surface area contributed by atoms with Crippen LogP contribution in [0, 0.1) is 11.8 Å². The molecule has 116 heavy (non-hydrogen) atoms. The van der Waals surface area contributed by atoms with Crippen molar-refractivity contribution in [3.8, 4) is 63.0 Å². The lowest BCUT2D eigenvalue weighted by molar-refractivity contribution is 0.174. The zero-order valence-corrected chi connectivity index (χ0v) is 78.2. The third kappa shape index (κ3) is 29.5. The summed E-state index contributed by atoms with van der Waals surface area (Å²) in [5.74, 6) is 3.15. The molecule has 0 bridgehead atoms. The highest BCUT2D eigenvalue weighted by atomic mass is 32.1. The SMILES string of the molecule is CCCCCCCCCCCCC(CCCCCCCCCCCC)Oc1c2cc(-c3sc(-c4cc5c(cc(-c6cc(CC(CC)CCCC)c(-c7ccccc7)s6)c(=O)n5C)n(C)c4=O)cc3CC(CC)CCCC)sc2c(OC(CCCCCCCCCCCC)CCCCCCCCCCCC)c2cc(-c3ccccc3)sc12. The zero-order chi connectivity index (χ0) is 81.9. The van der Waals surface area contributed by atoms with Crippen LogP contribution in [0.4, 0.5) is 0 Å². The maximum atomic E-state index is 15.7. The van der Waals surface area contributed by atoms with Gasteiger partial charge in [0.15, 0.2) is 0 Å². The lowest BCUT2D eigenvalue weighted by Crippen LogP contribution is -2.24. The molecule has 2 atom stereocenters. The highest BCUT2D eigenvalue weighted by molar-refractivity contribution is 7.28. The van der Waals surface area contributed by atoms with E-state index in [1.807, 2.05) is 52.0 Å². The van der Waals surface area contributed by atoms with Crippen LogP contribution in [0.3, 0.4) is 0 Å². The molecule has 9 rings (SSSR count). The summed E-state index contributed by atoms with van der Waals surface area (Å²) in [4.78, 5) is 37.8. The molecular formula is C106H158N2O4S4. The number of benzene rings is 3. The average Bonchev–Trinajstić information content (AvgIpc) is 1.55. The highest BCUT2D eigenvalue weighted by Crippen LogP contribution is 2.55. The average molecular weight is 1650 g/mol. The van der Waals surface area contributed by atoms with Crippen molar-refractivity contribution in [2.24, 2.45) is 25.9 Å². The fourth-order valence-corrected chi connectivity index (χ4v) is 22.9. The van der Waals surface area contributed by atoms with Crippen molar-refractivity contribution in [2.75, 3.05) is 0 Å². The molecule has 10 heteroatoms. The van der Waals surface area contributed by atoms with E-state index in [-0.39, 0.29) is 23.3 Å². The first-order chi connectivity index (χ1) is 57.0. The predicted octanol–water partition coefficient (Wildman–Crippen LogP) is 35.4. The molecular weight excluding hydrogens is 1490 g/mol. The van der Waals surface area contributed by atoms with Crippen LogP contribution in [0.25, 0.3) is 82.7 Å². The molecule has 0 radical (unpaired) electrons. The quantitative estimate of drug-likeness (QED) is 0.0356. The minimum atomic E-state index is -0.0399. The standard InChI is InChI=1S/C106H158N2O4S4/c1-11-19-25-29-33-37-41-45-49-59-69-87(70-60-50-46-42-38-34-30-26-20-12-2)111-99-91-79-95(83-65-55-53-56-66-83)113-103(91)100(112-88(71-61-51-47-43-39-35-31-27-21-13-3)72-62-52-48-44-40-36-32-28-22-14-4)92-80-98(116-104(92)99)102-86(74-82(18-8)64-24-16-6)76-97(115-102)90-78-94-93(108(10)106(90)110)77-89(105(109)107(94)9)96-75-85(73-81(17-7)63-23-15-5)101(114-96)84-67-57-54-58-68-84/h53-58,65-68,75-82,87-88H,11-52,59-64,69-74H2,1-10H3. The van der Waals surface area contributed by atoms with Gasteiger partial charge in [-0.15, -0.1) is 45.3 Å². The van der Waals surface area contributed by atoms with E-state index in [1.165, 1.54) is 344 Å². The number of rotatable bonds is 65. The maximum Gasteiger partial charge on any atom is 0.259 e. The first-order valence-corrected chi connectivity index (χ1v) is 51.7. The minimum absolute atomic E-state index is 0.0395. The summed E-state index contributed by atoms with van der Waals surface area (Å²) in [6, 6.07) is 35.7. The van der Waals surface area contributed by atoms with Gasteiger partial charge in [0, 0.05) is 54.1 Å². The number of fused-ring (bicyclic) bond motifs is 3. The van der Waals surface area contributed by atoms with Gasteiger partial charge in [0.25, 0.3) is 11.1 Å². The number of ether oxygens (including phenoxy) is 2. The molecule has 0 saturated heterocycles. The molecule has 6 heterocycles. The molecule has 640 valence electrons. The Morgan fingerprint density at radius 2 is 0.603 bits per heavy atom. The van der Waals surface area contributed by atoms with E-state index in [2.05, 4.69) is 146 Å². The van der Waals surface area contributed by atoms with Crippen LogP contribution < -0.4 is 20.6 Å². The Balaban J connectivity index is 1.17. The molecule has 0 N–H and O–H groups in total. The van der Waals surface area contributed by atoms with Gasteiger partial charge < -0.3 is 18.6 Å². The molecule has 6 aromatic heterocycles. The molecule has 0 aliphatic heterocycles. The fraction of sp³-hybridized carbons (Fsp3) is 0.642. The monoisotopic (exact) mass is 1650 g/mol. The molecule has 0 aliphatic carbocycles. The van der Waals surface area contributed by atoms with E-state index >= 15 is 9.59 Å². The van der Waals surface area contributed by atoms with Gasteiger partial charge in [-0.25, -0.2) is 0 Å². The first-order valence-electron chi connectivity index (χ1n) is 48.4. The molecule has 0 saturated carbocycles. The Morgan fingerprint density at radius 3 is 0.948 bits per heavy atom. The van der Waals surface area contributed by atoms with Gasteiger partial charge >= 0.3 is 0 Å². The van der Waals surface area contributed by atoms with Crippen molar-refractivity contribution in [3.05, 3.63) is 129 Å². The molecule has 6 nitrogen and oxygen atoms in total. The van der Waals surface area contributed by atoms with Crippen molar-refractivity contribution in [2.45, 2.75) is 414 Å². The number of thiophene rings is 4. The van der Waals surface area contributed by atoms with E-state index in [0.29, 0.717) is 23.0 Å². The Morgan fingerprint density at radius 1 is 0.302 bits per heavy atom. The number of pyridine rings is 2. The van der Waals surface area contributed by atoms with Crippen molar-refractivity contribution in [1.82, 2.24) is 9.13 Å². The van der Waals surface area contributed by atoms with Crippen LogP contribution >= 0.6 is 45.3 Å². The van der Waals surface area contributed by atoms with Crippen LogP contribution in [0.5, 0.6) is 11.5 Å². The van der Waals surface area contributed by atoms with Crippen molar-refractivity contribution in [3.63, 3.8) is 0 Å². The second kappa shape index (κ2) is 54.2. The Labute approximate surface area is 722 Å². The number of hydrogen-bond donors (Lipinski definition) is 0. The molecule has 9 aromatic rings. The Hall–Kier alpha value is -5.26. The summed E-state index contributed by atoms with van der Waals surface area (Å²) in [7, 11) is 3.84. The van der Waals surface area contributed by atoms with E-state index < -0.39 is 0 Å². The molecule has 3 aromatic carbocycles. The van der Waals surface area contributed by atoms with E-state index in [9.17, 15) is 0 Å². The first kappa shape index (κ1) is 94.6. The number of aromatic nitrogens is 2. The van der Waals surface area contributed by atoms with Gasteiger partial charge in [-0.2, -0.15) is 0 Å². The highest BCUT2D eigenvalue weighted by Gasteiger charge is 2.30. The normalized spacial score (nSPS) is 12.5. The summed E-state index contributed by atoms with van der Waals surface area (Å²) in [5.41, 5.74) is 7.81. The van der Waals surface area contributed by atoms with Crippen LogP contribution in [0.1, 0.15) is 400 Å². The number of nitrogens with zero attached hydrogens (tertiary/aromatic N) is 2. The summed E-state index contributed by atoms with van der Waals surface area (Å²) >= 11 is 7.34. The van der Waals surface area contributed by atoms with Crippen molar-refractivity contribution >= 4 is 76.6 Å². The fourth-order valence-electron chi connectivity index (χ4n) is 18.1. The number of unbranched alkanes of at least 4 members (excludes halogenated alkanes) is 38. The van der Waals surface area contributed by atoms with Crippen molar-refractivity contribution < 1.29 is 9.47 Å².